The van der Waals surface area contributed by atoms with Gasteiger partial charge in [0, 0.05) is 37.1 Å². The first kappa shape index (κ1) is 20.4. The van der Waals surface area contributed by atoms with Gasteiger partial charge in [0.15, 0.2) is 0 Å². The lowest BCUT2D eigenvalue weighted by Gasteiger charge is -2.33. The molecule has 1 saturated heterocycles. The summed E-state index contributed by atoms with van der Waals surface area (Å²) >= 11 is 0. The lowest BCUT2D eigenvalue weighted by Crippen LogP contribution is -2.46. The van der Waals surface area contributed by atoms with Crippen molar-refractivity contribution in [1.82, 2.24) is 9.88 Å². The number of hydrogen-bond donors (Lipinski definition) is 0. The van der Waals surface area contributed by atoms with E-state index in [1.807, 2.05) is 18.2 Å². The van der Waals surface area contributed by atoms with Gasteiger partial charge >= 0.3 is 0 Å². The first-order chi connectivity index (χ1) is 14.7. The van der Waals surface area contributed by atoms with E-state index in [-0.39, 0.29) is 11.8 Å². The molecular weight excluding hydrogens is 376 g/mol. The first-order valence-electron chi connectivity index (χ1n) is 10.8. The predicted molar refractivity (Wildman–Crippen MR) is 118 cm³/mol. The van der Waals surface area contributed by atoms with Crippen molar-refractivity contribution >= 4 is 23.8 Å². The van der Waals surface area contributed by atoms with E-state index in [0.29, 0.717) is 29.5 Å². The number of imide groups is 1. The molecule has 3 heterocycles. The fraction of sp³-hybridized carbons (Fsp3) is 0.417. The number of carbonyl (C=O) groups excluding carboxylic acids is 2. The Kier molecular flexibility index (Phi) is 6.33. The Morgan fingerprint density at radius 3 is 2.77 bits per heavy atom. The van der Waals surface area contributed by atoms with Crippen molar-refractivity contribution in [3.05, 3.63) is 59.8 Å². The summed E-state index contributed by atoms with van der Waals surface area (Å²) in [4.78, 5) is 38.7. The van der Waals surface area contributed by atoms with Crippen LogP contribution in [-0.2, 0) is 4.79 Å². The zero-order chi connectivity index (χ0) is 20.9. The van der Waals surface area contributed by atoms with Gasteiger partial charge in [0.1, 0.15) is 5.82 Å². The van der Waals surface area contributed by atoms with Crippen molar-refractivity contribution in [3.63, 3.8) is 0 Å². The van der Waals surface area contributed by atoms with Gasteiger partial charge in [0.2, 0.25) is 5.91 Å². The summed E-state index contributed by atoms with van der Waals surface area (Å²) in [5.74, 6) is -0.863. The van der Waals surface area contributed by atoms with Crippen LogP contribution in [-0.4, -0.2) is 53.6 Å². The predicted octanol–water partition coefficient (Wildman–Crippen LogP) is 3.69. The third kappa shape index (κ3) is 4.19. The summed E-state index contributed by atoms with van der Waals surface area (Å²) in [7, 11) is 0. The standard InChI is InChI=1S/C24H28N4O2/c1-18-9-5-7-15-27(18)16-8-13-25-17-21-19-10-2-3-11-20(19)23(29)28(24(21)30)22-12-4-6-14-26-22/h2-4,6,10-12,14,17-18,21H,5,7-9,13,15-16H2,1H3/t18-,21?/m0/s1. The topological polar surface area (TPSA) is 65.9 Å². The minimum atomic E-state index is -0.574. The minimum Gasteiger partial charge on any atom is -0.301 e. The number of rotatable bonds is 6. The molecule has 2 amide bonds. The number of aromatic nitrogens is 1. The van der Waals surface area contributed by atoms with Crippen LogP contribution in [0.5, 0.6) is 0 Å². The lowest BCUT2D eigenvalue weighted by molar-refractivity contribution is -0.118. The zero-order valence-corrected chi connectivity index (χ0v) is 17.4. The van der Waals surface area contributed by atoms with Crippen LogP contribution >= 0.6 is 0 Å². The molecule has 1 aromatic carbocycles. The van der Waals surface area contributed by atoms with Crippen molar-refractivity contribution in [2.45, 2.75) is 44.6 Å². The molecule has 0 aliphatic carbocycles. The number of amides is 2. The number of likely N-dealkylation sites (tertiary alicyclic amines) is 1. The molecule has 2 aromatic rings. The second-order valence-corrected chi connectivity index (χ2v) is 8.02. The van der Waals surface area contributed by atoms with E-state index in [9.17, 15) is 9.59 Å². The molecule has 1 unspecified atom stereocenters. The average Bonchev–Trinajstić information content (AvgIpc) is 2.77. The van der Waals surface area contributed by atoms with E-state index in [4.69, 9.17) is 0 Å². The Bertz CT molecular complexity index is 928. The molecule has 0 N–H and O–H groups in total. The molecular formula is C24H28N4O2. The number of piperidine rings is 1. The van der Waals surface area contributed by atoms with Crippen LogP contribution in [0.1, 0.15) is 54.4 Å². The van der Waals surface area contributed by atoms with E-state index in [0.717, 1.165) is 13.0 Å². The highest BCUT2D eigenvalue weighted by atomic mass is 16.2. The third-order valence-electron chi connectivity index (χ3n) is 6.02. The highest BCUT2D eigenvalue weighted by Gasteiger charge is 2.39. The smallest absolute Gasteiger partial charge is 0.266 e. The molecule has 6 heteroatoms. The van der Waals surface area contributed by atoms with Crippen molar-refractivity contribution in [2.24, 2.45) is 4.99 Å². The first-order valence-corrected chi connectivity index (χ1v) is 10.8. The quantitative estimate of drug-likeness (QED) is 0.418. The number of anilines is 1. The van der Waals surface area contributed by atoms with Crippen molar-refractivity contribution in [2.75, 3.05) is 24.5 Å². The summed E-state index contributed by atoms with van der Waals surface area (Å²) < 4.78 is 0. The summed E-state index contributed by atoms with van der Waals surface area (Å²) in [5, 5.41) is 0. The van der Waals surface area contributed by atoms with Gasteiger partial charge < -0.3 is 4.90 Å². The number of benzene rings is 1. The van der Waals surface area contributed by atoms with Crippen LogP contribution in [0.25, 0.3) is 0 Å². The van der Waals surface area contributed by atoms with Gasteiger partial charge in [0.25, 0.3) is 5.91 Å². The van der Waals surface area contributed by atoms with Gasteiger partial charge in [-0.3, -0.25) is 14.6 Å². The van der Waals surface area contributed by atoms with Crippen LogP contribution in [0.4, 0.5) is 5.82 Å². The molecule has 0 saturated carbocycles. The van der Waals surface area contributed by atoms with Gasteiger partial charge in [-0.2, -0.15) is 0 Å². The number of pyridine rings is 1. The van der Waals surface area contributed by atoms with Gasteiger partial charge in [-0.25, -0.2) is 9.88 Å². The fourth-order valence-electron chi connectivity index (χ4n) is 4.34. The van der Waals surface area contributed by atoms with E-state index < -0.39 is 5.92 Å². The van der Waals surface area contributed by atoms with Crippen LogP contribution in [0.3, 0.4) is 0 Å². The van der Waals surface area contributed by atoms with Crippen LogP contribution < -0.4 is 4.90 Å². The van der Waals surface area contributed by atoms with Crippen LogP contribution in [0, 0.1) is 0 Å². The monoisotopic (exact) mass is 404 g/mol. The molecule has 156 valence electrons. The largest absolute Gasteiger partial charge is 0.301 e. The summed E-state index contributed by atoms with van der Waals surface area (Å²) in [5.41, 5.74) is 1.24. The number of hydrogen-bond acceptors (Lipinski definition) is 5. The summed E-state index contributed by atoms with van der Waals surface area (Å²) in [6, 6.07) is 13.1. The minimum absolute atomic E-state index is 0.300. The molecule has 1 fully saturated rings. The second-order valence-electron chi connectivity index (χ2n) is 8.02. The van der Waals surface area contributed by atoms with E-state index in [2.05, 4.69) is 21.8 Å². The van der Waals surface area contributed by atoms with Gasteiger partial charge in [-0.1, -0.05) is 30.7 Å². The highest BCUT2D eigenvalue weighted by Crippen LogP contribution is 2.31. The average molecular weight is 405 g/mol. The molecule has 30 heavy (non-hydrogen) atoms. The van der Waals surface area contributed by atoms with Crippen molar-refractivity contribution in [1.29, 1.82) is 0 Å². The Morgan fingerprint density at radius 2 is 1.97 bits per heavy atom. The summed E-state index contributed by atoms with van der Waals surface area (Å²) in [6.45, 7) is 5.17. The van der Waals surface area contributed by atoms with Gasteiger partial charge in [-0.15, -0.1) is 0 Å². The zero-order valence-electron chi connectivity index (χ0n) is 17.4. The molecule has 2 aliphatic heterocycles. The molecule has 0 bridgehead atoms. The molecule has 6 nitrogen and oxygen atoms in total. The lowest BCUT2D eigenvalue weighted by atomic mass is 9.89. The van der Waals surface area contributed by atoms with E-state index in [1.165, 1.54) is 30.7 Å². The number of aliphatic imine (C=N–C) groups is 1. The Morgan fingerprint density at radius 1 is 1.13 bits per heavy atom. The molecule has 4 rings (SSSR count). The number of carbonyl (C=O) groups is 2. The maximum absolute atomic E-state index is 13.2. The Labute approximate surface area is 177 Å². The van der Waals surface area contributed by atoms with Crippen molar-refractivity contribution < 1.29 is 9.59 Å². The van der Waals surface area contributed by atoms with E-state index in [1.54, 1.807) is 36.7 Å². The SMILES string of the molecule is C[C@H]1CCCCN1CCCN=CC1C(=O)N(c2ccccn2)C(=O)c2ccccc21. The van der Waals surface area contributed by atoms with Crippen LogP contribution in [0.2, 0.25) is 0 Å². The van der Waals surface area contributed by atoms with Crippen molar-refractivity contribution in [3.8, 4) is 0 Å². The fourth-order valence-corrected chi connectivity index (χ4v) is 4.34. The van der Waals surface area contributed by atoms with Crippen LogP contribution in [0.15, 0.2) is 53.7 Å². The van der Waals surface area contributed by atoms with Gasteiger partial charge in [-0.05, 0) is 56.5 Å². The summed E-state index contributed by atoms with van der Waals surface area (Å²) in [6.07, 6.45) is 8.13. The van der Waals surface area contributed by atoms with E-state index >= 15 is 0 Å². The maximum Gasteiger partial charge on any atom is 0.266 e. The molecule has 0 radical (unpaired) electrons. The molecule has 2 aliphatic rings. The third-order valence-corrected chi connectivity index (χ3v) is 6.02. The number of fused-ring (bicyclic) bond motifs is 1. The normalized spacial score (nSPS) is 22.5. The number of nitrogens with zero attached hydrogens (tertiary/aromatic N) is 4. The Hall–Kier alpha value is -2.86. The molecule has 1 aromatic heterocycles. The van der Waals surface area contributed by atoms with Gasteiger partial charge in [0.05, 0.1) is 5.92 Å². The second kappa shape index (κ2) is 9.30. The highest BCUT2D eigenvalue weighted by molar-refractivity contribution is 6.28. The maximum atomic E-state index is 13.2. The molecule has 2 atom stereocenters. The molecule has 0 spiro atoms. The Balaban J connectivity index is 1.48.